The summed E-state index contributed by atoms with van der Waals surface area (Å²) in [6, 6.07) is 0.624. The monoisotopic (exact) mass is 403 g/mol. The van der Waals surface area contributed by atoms with Gasteiger partial charge in [0.2, 0.25) is 5.95 Å². The lowest BCUT2D eigenvalue weighted by atomic mass is 10.0. The first kappa shape index (κ1) is 20.3. The van der Waals surface area contributed by atoms with E-state index in [1.807, 2.05) is 11.8 Å². The molecule has 1 aliphatic carbocycles. The van der Waals surface area contributed by atoms with Crippen LogP contribution in [0.15, 0.2) is 0 Å². The molecule has 156 valence electrons. The number of fused-ring (bicyclic) bond motifs is 1. The smallest absolute Gasteiger partial charge is 0.224 e. The van der Waals surface area contributed by atoms with Crippen molar-refractivity contribution in [2.45, 2.75) is 70.3 Å². The van der Waals surface area contributed by atoms with Gasteiger partial charge in [0, 0.05) is 43.5 Å². The Morgan fingerprint density at radius 3 is 2.61 bits per heavy atom. The van der Waals surface area contributed by atoms with Crippen molar-refractivity contribution in [1.82, 2.24) is 14.9 Å². The van der Waals surface area contributed by atoms with Crippen LogP contribution in [-0.4, -0.2) is 65.6 Å². The average Bonchev–Trinajstić information content (AvgIpc) is 3.03. The molecule has 0 amide bonds. The standard InChI is InChI=1S/C22H37N5S/c1-28-16-15-26-12-7-4-9-18(26)17-23-22-24-20-11-8-10-19(20)21(25-22)27-13-5-2-3-6-14-27/h18H,2-17H2,1H3,(H,23,24,25). The van der Waals surface area contributed by atoms with Crippen molar-refractivity contribution in [1.29, 1.82) is 0 Å². The molecule has 0 aromatic carbocycles. The third kappa shape index (κ3) is 4.93. The normalized spacial score (nSPS) is 23.5. The molecular weight excluding hydrogens is 366 g/mol. The van der Waals surface area contributed by atoms with E-state index in [1.165, 1.54) is 87.3 Å². The summed E-state index contributed by atoms with van der Waals surface area (Å²) in [4.78, 5) is 15.2. The second-order valence-corrected chi connectivity index (χ2v) is 9.60. The number of aromatic nitrogens is 2. The van der Waals surface area contributed by atoms with E-state index in [0.29, 0.717) is 6.04 Å². The first-order valence-corrected chi connectivity index (χ1v) is 12.9. The van der Waals surface area contributed by atoms with Crippen LogP contribution in [-0.2, 0) is 12.8 Å². The fourth-order valence-corrected chi connectivity index (χ4v) is 5.46. The van der Waals surface area contributed by atoms with Gasteiger partial charge in [-0.3, -0.25) is 4.90 Å². The van der Waals surface area contributed by atoms with Crippen molar-refractivity contribution in [3.63, 3.8) is 0 Å². The quantitative estimate of drug-likeness (QED) is 0.743. The van der Waals surface area contributed by atoms with E-state index >= 15 is 0 Å². The second-order valence-electron chi connectivity index (χ2n) is 8.61. The van der Waals surface area contributed by atoms with Crippen molar-refractivity contribution < 1.29 is 0 Å². The lowest BCUT2D eigenvalue weighted by Crippen LogP contribution is -2.44. The van der Waals surface area contributed by atoms with Crippen LogP contribution in [0.1, 0.15) is 62.6 Å². The Hall–Kier alpha value is -1.01. The third-order valence-corrected chi connectivity index (χ3v) is 7.24. The molecule has 3 aliphatic rings. The van der Waals surface area contributed by atoms with Crippen molar-refractivity contribution in [2.75, 3.05) is 54.9 Å². The van der Waals surface area contributed by atoms with Crippen LogP contribution in [0.5, 0.6) is 0 Å². The largest absolute Gasteiger partial charge is 0.356 e. The van der Waals surface area contributed by atoms with Gasteiger partial charge in [-0.25, -0.2) is 4.98 Å². The highest BCUT2D eigenvalue weighted by Gasteiger charge is 2.25. The minimum absolute atomic E-state index is 0.624. The highest BCUT2D eigenvalue weighted by molar-refractivity contribution is 7.98. The van der Waals surface area contributed by atoms with E-state index in [0.717, 1.165) is 38.4 Å². The molecule has 2 saturated heterocycles. The first-order chi connectivity index (χ1) is 13.8. The van der Waals surface area contributed by atoms with E-state index < -0.39 is 0 Å². The summed E-state index contributed by atoms with van der Waals surface area (Å²) in [5, 5.41) is 3.65. The lowest BCUT2D eigenvalue weighted by molar-refractivity contribution is 0.166. The summed E-state index contributed by atoms with van der Waals surface area (Å²) in [6.07, 6.45) is 15.0. The maximum absolute atomic E-state index is 5.06. The number of rotatable bonds is 7. The number of nitrogens with one attached hydrogen (secondary N) is 1. The van der Waals surface area contributed by atoms with Crippen LogP contribution in [0.25, 0.3) is 0 Å². The predicted molar refractivity (Wildman–Crippen MR) is 121 cm³/mol. The van der Waals surface area contributed by atoms with Gasteiger partial charge in [-0.2, -0.15) is 16.7 Å². The maximum Gasteiger partial charge on any atom is 0.224 e. The number of hydrogen-bond acceptors (Lipinski definition) is 6. The van der Waals surface area contributed by atoms with Gasteiger partial charge in [0.1, 0.15) is 5.82 Å². The predicted octanol–water partition coefficient (Wildman–Crippen LogP) is 3.98. The van der Waals surface area contributed by atoms with Crippen LogP contribution in [0.4, 0.5) is 11.8 Å². The molecule has 0 saturated carbocycles. The topological polar surface area (TPSA) is 44.3 Å². The van der Waals surface area contributed by atoms with Crippen LogP contribution in [0.3, 0.4) is 0 Å². The number of nitrogens with zero attached hydrogens (tertiary/aromatic N) is 4. The summed E-state index contributed by atoms with van der Waals surface area (Å²) in [5.74, 6) is 3.34. The minimum atomic E-state index is 0.624. The van der Waals surface area contributed by atoms with E-state index in [4.69, 9.17) is 9.97 Å². The van der Waals surface area contributed by atoms with Gasteiger partial charge in [0.05, 0.1) is 5.69 Å². The number of aryl methyl sites for hydroxylation is 1. The molecule has 2 fully saturated rings. The molecule has 2 aliphatic heterocycles. The highest BCUT2D eigenvalue weighted by Crippen LogP contribution is 2.31. The van der Waals surface area contributed by atoms with Gasteiger partial charge in [-0.1, -0.05) is 19.3 Å². The number of hydrogen-bond donors (Lipinski definition) is 1. The number of likely N-dealkylation sites (tertiary alicyclic amines) is 1. The number of thioether (sulfide) groups is 1. The van der Waals surface area contributed by atoms with E-state index in [-0.39, 0.29) is 0 Å². The van der Waals surface area contributed by atoms with Crippen LogP contribution in [0, 0.1) is 0 Å². The zero-order valence-corrected chi connectivity index (χ0v) is 18.4. The summed E-state index contributed by atoms with van der Waals surface area (Å²) >= 11 is 1.95. The summed E-state index contributed by atoms with van der Waals surface area (Å²) in [6.45, 7) is 5.75. The lowest BCUT2D eigenvalue weighted by Gasteiger charge is -2.35. The van der Waals surface area contributed by atoms with Gasteiger partial charge >= 0.3 is 0 Å². The Morgan fingerprint density at radius 2 is 1.79 bits per heavy atom. The first-order valence-electron chi connectivity index (χ1n) is 11.5. The molecule has 0 spiro atoms. The molecule has 0 bridgehead atoms. The Bertz CT molecular complexity index is 630. The molecule has 1 aromatic rings. The van der Waals surface area contributed by atoms with Gasteiger partial charge in [0.25, 0.3) is 0 Å². The Kier molecular flexibility index (Phi) is 7.35. The fraction of sp³-hybridized carbons (Fsp3) is 0.818. The molecule has 0 radical (unpaired) electrons. The molecule has 1 N–H and O–H groups in total. The highest BCUT2D eigenvalue weighted by atomic mass is 32.2. The van der Waals surface area contributed by atoms with Crippen molar-refractivity contribution in [3.05, 3.63) is 11.3 Å². The fourth-order valence-electron chi connectivity index (χ4n) is 5.04. The molecule has 1 atom stereocenters. The SMILES string of the molecule is CSCCN1CCCCC1CNc1nc2c(c(N3CCCCCC3)n1)CCC2. The van der Waals surface area contributed by atoms with Crippen molar-refractivity contribution in [2.24, 2.45) is 0 Å². The number of anilines is 2. The van der Waals surface area contributed by atoms with Crippen LogP contribution in [0.2, 0.25) is 0 Å². The summed E-state index contributed by atoms with van der Waals surface area (Å²) < 4.78 is 0. The average molecular weight is 404 g/mol. The molecule has 28 heavy (non-hydrogen) atoms. The Morgan fingerprint density at radius 1 is 0.964 bits per heavy atom. The summed E-state index contributed by atoms with van der Waals surface area (Å²) in [7, 11) is 0. The van der Waals surface area contributed by atoms with E-state index in [1.54, 1.807) is 0 Å². The van der Waals surface area contributed by atoms with Gasteiger partial charge in [-0.05, 0) is 57.7 Å². The van der Waals surface area contributed by atoms with Gasteiger partial charge < -0.3 is 10.2 Å². The third-order valence-electron chi connectivity index (χ3n) is 6.64. The molecule has 3 heterocycles. The van der Waals surface area contributed by atoms with Crippen molar-refractivity contribution >= 4 is 23.5 Å². The Balaban J connectivity index is 1.46. The molecule has 6 heteroatoms. The molecule has 1 unspecified atom stereocenters. The molecule has 4 rings (SSSR count). The van der Waals surface area contributed by atoms with Gasteiger partial charge in [-0.15, -0.1) is 0 Å². The molecular formula is C22H37N5S. The van der Waals surface area contributed by atoms with E-state index in [2.05, 4.69) is 21.4 Å². The maximum atomic E-state index is 5.06. The number of piperidine rings is 1. The van der Waals surface area contributed by atoms with Crippen molar-refractivity contribution in [3.8, 4) is 0 Å². The summed E-state index contributed by atoms with van der Waals surface area (Å²) in [5.41, 5.74) is 2.74. The molecule has 5 nitrogen and oxygen atoms in total. The second kappa shape index (κ2) is 10.1. The Labute approximate surface area is 175 Å². The van der Waals surface area contributed by atoms with Gasteiger partial charge in [0.15, 0.2) is 0 Å². The molecule has 1 aromatic heterocycles. The zero-order valence-electron chi connectivity index (χ0n) is 17.6. The zero-order chi connectivity index (χ0) is 19.2. The minimum Gasteiger partial charge on any atom is -0.356 e. The van der Waals surface area contributed by atoms with E-state index in [9.17, 15) is 0 Å². The van der Waals surface area contributed by atoms with Crippen LogP contribution >= 0.6 is 11.8 Å². The van der Waals surface area contributed by atoms with Crippen LogP contribution < -0.4 is 10.2 Å².